The number of aliphatic carboxylic acids is 1. The molecule has 3 amide bonds. The van der Waals surface area contributed by atoms with Crippen LogP contribution in [-0.2, 0) is 9.59 Å². The number of amides is 3. The molecule has 0 atom stereocenters. The summed E-state index contributed by atoms with van der Waals surface area (Å²) in [7, 11) is 0. The van der Waals surface area contributed by atoms with Gasteiger partial charge in [0.25, 0.3) is 0 Å². The number of carboxylic acid groups (broad SMARTS) is 1. The van der Waals surface area contributed by atoms with Crippen molar-refractivity contribution in [3.63, 3.8) is 0 Å². The lowest BCUT2D eigenvalue weighted by atomic mass is 9.85. The van der Waals surface area contributed by atoms with Gasteiger partial charge in [-0.2, -0.15) is 0 Å². The van der Waals surface area contributed by atoms with Crippen LogP contribution in [0.2, 0.25) is 0 Å². The average Bonchev–Trinajstić information content (AvgIpc) is 2.55. The van der Waals surface area contributed by atoms with E-state index >= 15 is 0 Å². The van der Waals surface area contributed by atoms with E-state index in [0.717, 1.165) is 6.42 Å². The van der Waals surface area contributed by atoms with Gasteiger partial charge in [-0.15, -0.1) is 0 Å². The maximum atomic E-state index is 11.9. The van der Waals surface area contributed by atoms with Crippen LogP contribution in [0.3, 0.4) is 0 Å². The van der Waals surface area contributed by atoms with Crippen molar-refractivity contribution in [3.8, 4) is 0 Å². The third-order valence-electron chi connectivity index (χ3n) is 3.48. The van der Waals surface area contributed by atoms with Gasteiger partial charge in [-0.25, -0.2) is 4.79 Å². The molecule has 0 saturated carbocycles. The predicted octanol–water partition coefficient (Wildman–Crippen LogP) is 1.85. The smallest absolute Gasteiger partial charge is 0.324 e. The summed E-state index contributed by atoms with van der Waals surface area (Å²) in [6.07, 6.45) is 0.826. The summed E-state index contributed by atoms with van der Waals surface area (Å²) >= 11 is 0. The van der Waals surface area contributed by atoms with E-state index in [9.17, 15) is 14.4 Å². The van der Waals surface area contributed by atoms with Crippen LogP contribution in [0.4, 0.5) is 4.79 Å². The van der Waals surface area contributed by atoms with E-state index in [1.807, 2.05) is 0 Å². The van der Waals surface area contributed by atoms with E-state index in [-0.39, 0.29) is 24.3 Å². The van der Waals surface area contributed by atoms with Gasteiger partial charge in [-0.3, -0.25) is 14.9 Å². The zero-order valence-corrected chi connectivity index (χ0v) is 12.7. The Morgan fingerprint density at radius 3 is 2.30 bits per heavy atom. The van der Waals surface area contributed by atoms with Gasteiger partial charge in [0.15, 0.2) is 0 Å². The molecule has 0 aliphatic carbocycles. The Morgan fingerprint density at radius 2 is 1.85 bits per heavy atom. The van der Waals surface area contributed by atoms with Crippen LogP contribution in [-0.4, -0.2) is 41.0 Å². The van der Waals surface area contributed by atoms with Crippen molar-refractivity contribution in [2.45, 2.75) is 47.0 Å². The summed E-state index contributed by atoms with van der Waals surface area (Å²) in [5.41, 5.74) is -0.580. The molecule has 0 bridgehead atoms. The van der Waals surface area contributed by atoms with Crippen LogP contribution >= 0.6 is 0 Å². The van der Waals surface area contributed by atoms with Gasteiger partial charge in [0.1, 0.15) is 0 Å². The number of carbonyl (C=O) groups excluding carboxylic acids is 2. The zero-order valence-electron chi connectivity index (χ0n) is 12.7. The van der Waals surface area contributed by atoms with Crippen molar-refractivity contribution in [2.75, 3.05) is 13.1 Å². The molecule has 114 valence electrons. The zero-order chi connectivity index (χ0) is 15.6. The first-order valence-electron chi connectivity index (χ1n) is 6.81. The second-order valence-corrected chi connectivity index (χ2v) is 7.10. The van der Waals surface area contributed by atoms with Crippen molar-refractivity contribution in [1.82, 2.24) is 10.2 Å². The molecule has 6 nitrogen and oxygen atoms in total. The maximum Gasteiger partial charge on any atom is 0.324 e. The highest BCUT2D eigenvalue weighted by molar-refractivity contribution is 5.94. The van der Waals surface area contributed by atoms with Crippen molar-refractivity contribution in [3.05, 3.63) is 0 Å². The van der Waals surface area contributed by atoms with Gasteiger partial charge in [-0.1, -0.05) is 27.7 Å². The first-order chi connectivity index (χ1) is 9.01. The molecule has 0 aromatic carbocycles. The van der Waals surface area contributed by atoms with Crippen molar-refractivity contribution >= 4 is 17.9 Å². The molecule has 1 aliphatic heterocycles. The molecule has 1 heterocycles. The Balaban J connectivity index is 2.47. The summed E-state index contributed by atoms with van der Waals surface area (Å²) in [4.78, 5) is 36.1. The Kier molecular flexibility index (Phi) is 4.78. The number of rotatable bonds is 4. The molecule has 0 radical (unpaired) electrons. The second-order valence-electron chi connectivity index (χ2n) is 7.10. The Labute approximate surface area is 119 Å². The number of carbonyl (C=O) groups is 3. The van der Waals surface area contributed by atoms with Crippen LogP contribution in [0.1, 0.15) is 47.0 Å². The number of nitrogens with one attached hydrogen (secondary N) is 1. The fraction of sp³-hybridized carbons (Fsp3) is 0.786. The minimum absolute atomic E-state index is 0.0161. The molecule has 2 N–H and O–H groups in total. The second kappa shape index (κ2) is 5.81. The van der Waals surface area contributed by atoms with Gasteiger partial charge in [0, 0.05) is 19.5 Å². The van der Waals surface area contributed by atoms with Crippen LogP contribution in [0.5, 0.6) is 0 Å². The van der Waals surface area contributed by atoms with Gasteiger partial charge < -0.3 is 10.0 Å². The summed E-state index contributed by atoms with van der Waals surface area (Å²) in [5, 5.41) is 11.1. The molecule has 1 saturated heterocycles. The fourth-order valence-electron chi connectivity index (χ4n) is 2.43. The lowest BCUT2D eigenvalue weighted by molar-refractivity contribution is -0.139. The molecule has 0 unspecified atom stereocenters. The fourth-order valence-corrected chi connectivity index (χ4v) is 2.43. The van der Waals surface area contributed by atoms with E-state index < -0.39 is 17.3 Å². The van der Waals surface area contributed by atoms with E-state index in [2.05, 4.69) is 19.2 Å². The maximum absolute atomic E-state index is 11.9. The van der Waals surface area contributed by atoms with E-state index in [1.165, 1.54) is 0 Å². The quantitative estimate of drug-likeness (QED) is 0.824. The molecule has 0 aromatic heterocycles. The lowest BCUT2D eigenvalue weighted by Gasteiger charge is -2.23. The van der Waals surface area contributed by atoms with Gasteiger partial charge in [0.05, 0.1) is 6.42 Å². The predicted molar refractivity (Wildman–Crippen MR) is 74.2 cm³/mol. The summed E-state index contributed by atoms with van der Waals surface area (Å²) in [6, 6.07) is -0.383. The minimum atomic E-state index is -0.949. The highest BCUT2D eigenvalue weighted by atomic mass is 16.4. The number of hydrogen-bond donors (Lipinski definition) is 2. The lowest BCUT2D eigenvalue weighted by Crippen LogP contribution is -2.43. The SMILES string of the molecule is CC(C)(CC(=O)O)CC(=O)NC(=O)N1CCC(C)(C)C1. The highest BCUT2D eigenvalue weighted by Gasteiger charge is 2.33. The Bertz CT molecular complexity index is 415. The molecular formula is C14H24N2O4. The summed E-state index contributed by atoms with van der Waals surface area (Å²) < 4.78 is 0. The molecule has 0 aromatic rings. The third-order valence-corrected chi connectivity index (χ3v) is 3.48. The molecule has 1 aliphatic rings. The van der Waals surface area contributed by atoms with Crippen LogP contribution in [0.25, 0.3) is 0 Å². The van der Waals surface area contributed by atoms with E-state index in [1.54, 1.807) is 18.7 Å². The number of nitrogens with zero attached hydrogens (tertiary/aromatic N) is 1. The van der Waals surface area contributed by atoms with Crippen LogP contribution in [0, 0.1) is 10.8 Å². The van der Waals surface area contributed by atoms with Gasteiger partial charge in [-0.05, 0) is 17.3 Å². The normalized spacial score (nSPS) is 17.9. The topological polar surface area (TPSA) is 86.7 Å². The molecular weight excluding hydrogens is 260 g/mol. The van der Waals surface area contributed by atoms with Crippen LogP contribution < -0.4 is 5.32 Å². The highest BCUT2D eigenvalue weighted by Crippen LogP contribution is 2.29. The first kappa shape index (κ1) is 16.5. The standard InChI is InChI=1S/C14H24N2O4/c1-13(2)5-6-16(9-13)12(20)15-10(17)7-14(3,4)8-11(18)19/h5-9H2,1-4H3,(H,18,19)(H,15,17,20). The first-order valence-corrected chi connectivity index (χ1v) is 6.81. The van der Waals surface area contributed by atoms with Crippen molar-refractivity contribution in [1.29, 1.82) is 0 Å². The molecule has 1 fully saturated rings. The summed E-state index contributed by atoms with van der Waals surface area (Å²) in [6.45, 7) is 8.83. The molecule has 1 rings (SSSR count). The number of likely N-dealkylation sites (tertiary alicyclic amines) is 1. The summed E-state index contributed by atoms with van der Waals surface area (Å²) in [5.74, 6) is -1.37. The Hall–Kier alpha value is -1.59. The van der Waals surface area contributed by atoms with Gasteiger partial charge in [0.2, 0.25) is 5.91 Å². The Morgan fingerprint density at radius 1 is 1.25 bits per heavy atom. The number of hydrogen-bond acceptors (Lipinski definition) is 3. The van der Waals surface area contributed by atoms with Crippen molar-refractivity contribution in [2.24, 2.45) is 10.8 Å². The van der Waals surface area contributed by atoms with Crippen molar-refractivity contribution < 1.29 is 19.5 Å². The number of imide groups is 1. The van der Waals surface area contributed by atoms with E-state index in [0.29, 0.717) is 13.1 Å². The van der Waals surface area contributed by atoms with E-state index in [4.69, 9.17) is 5.11 Å². The largest absolute Gasteiger partial charge is 0.481 e. The number of carboxylic acids is 1. The van der Waals surface area contributed by atoms with Gasteiger partial charge >= 0.3 is 12.0 Å². The molecule has 0 spiro atoms. The monoisotopic (exact) mass is 284 g/mol. The minimum Gasteiger partial charge on any atom is -0.481 e. The molecule has 20 heavy (non-hydrogen) atoms. The van der Waals surface area contributed by atoms with Crippen LogP contribution in [0.15, 0.2) is 0 Å². The number of urea groups is 1. The third kappa shape index (κ3) is 5.19. The molecule has 6 heteroatoms. The average molecular weight is 284 g/mol.